The normalized spacial score (nSPS) is 20.5. The molecule has 2 nitrogen and oxygen atoms in total. The first-order valence-corrected chi connectivity index (χ1v) is 11.7. The van der Waals surface area contributed by atoms with Crippen molar-refractivity contribution in [1.29, 1.82) is 0 Å². The van der Waals surface area contributed by atoms with E-state index in [-0.39, 0.29) is 30.0 Å². The van der Waals surface area contributed by atoms with Crippen LogP contribution in [0.4, 0.5) is 5.69 Å². The monoisotopic (exact) mass is 606 g/mol. The molecule has 0 N–H and O–H groups in total. The molecule has 2 unspecified atom stereocenters. The molecule has 1 aliphatic heterocycles. The SMILES string of the molecule is CC[N+]1=C2C=CC(Br)C=C2C=CC1/C=C/c1ccc(N(CCCl)CCCl)cc1.[I-]. The van der Waals surface area contributed by atoms with Gasteiger partial charge in [-0.25, -0.2) is 4.58 Å². The van der Waals surface area contributed by atoms with Crippen LogP contribution in [0.2, 0.25) is 0 Å². The lowest BCUT2D eigenvalue weighted by Gasteiger charge is -2.22. The molecule has 2 atom stereocenters. The molecule has 0 saturated heterocycles. The topological polar surface area (TPSA) is 6.25 Å². The van der Waals surface area contributed by atoms with Crippen molar-refractivity contribution in [2.75, 3.05) is 36.3 Å². The molecule has 0 spiro atoms. The van der Waals surface area contributed by atoms with Crippen LogP contribution < -0.4 is 28.9 Å². The highest BCUT2D eigenvalue weighted by Crippen LogP contribution is 2.22. The Bertz CT molecular complexity index is 822. The van der Waals surface area contributed by atoms with E-state index in [1.165, 1.54) is 16.8 Å². The molecule has 3 rings (SSSR count). The highest BCUT2D eigenvalue weighted by molar-refractivity contribution is 9.09. The molecule has 1 aromatic carbocycles. The van der Waals surface area contributed by atoms with E-state index in [1.807, 2.05) is 0 Å². The molecule has 1 heterocycles. The molecule has 0 amide bonds. The van der Waals surface area contributed by atoms with Crippen LogP contribution in [0.3, 0.4) is 0 Å². The summed E-state index contributed by atoms with van der Waals surface area (Å²) in [5.74, 6) is 1.19. The molecule has 2 aliphatic rings. The van der Waals surface area contributed by atoms with Crippen molar-refractivity contribution in [3.8, 4) is 0 Å². The van der Waals surface area contributed by atoms with Crippen LogP contribution in [0, 0.1) is 0 Å². The Labute approximate surface area is 209 Å². The molecule has 29 heavy (non-hydrogen) atoms. The van der Waals surface area contributed by atoms with Crippen LogP contribution in [0.25, 0.3) is 6.08 Å². The minimum atomic E-state index is 0. The van der Waals surface area contributed by atoms with Gasteiger partial charge in [0.25, 0.3) is 0 Å². The van der Waals surface area contributed by atoms with Crippen molar-refractivity contribution in [2.24, 2.45) is 0 Å². The van der Waals surface area contributed by atoms with Gasteiger partial charge in [-0.2, -0.15) is 0 Å². The molecule has 1 aromatic rings. The van der Waals surface area contributed by atoms with Crippen LogP contribution in [-0.4, -0.2) is 52.6 Å². The van der Waals surface area contributed by atoms with E-state index in [4.69, 9.17) is 23.2 Å². The highest BCUT2D eigenvalue weighted by Gasteiger charge is 2.26. The summed E-state index contributed by atoms with van der Waals surface area (Å²) in [6.45, 7) is 4.78. The van der Waals surface area contributed by atoms with Gasteiger partial charge in [0, 0.05) is 42.2 Å². The van der Waals surface area contributed by atoms with Crippen LogP contribution in [0.5, 0.6) is 0 Å². The van der Waals surface area contributed by atoms with E-state index < -0.39 is 0 Å². The van der Waals surface area contributed by atoms with Crippen molar-refractivity contribution in [1.82, 2.24) is 0 Å². The van der Waals surface area contributed by atoms with Crippen LogP contribution in [-0.2, 0) is 0 Å². The van der Waals surface area contributed by atoms with Gasteiger partial charge in [0.1, 0.15) is 6.54 Å². The summed E-state index contributed by atoms with van der Waals surface area (Å²) in [6.07, 6.45) is 15.6. The lowest BCUT2D eigenvalue weighted by atomic mass is 9.97. The Hall–Kier alpha value is -0.560. The van der Waals surface area contributed by atoms with Crippen LogP contribution in [0.15, 0.2) is 66.3 Å². The lowest BCUT2D eigenvalue weighted by Crippen LogP contribution is -3.00. The number of alkyl halides is 3. The van der Waals surface area contributed by atoms with E-state index in [9.17, 15) is 0 Å². The third-order valence-electron chi connectivity index (χ3n) is 5.01. The predicted octanol–water partition coefficient (Wildman–Crippen LogP) is 2.66. The molecular formula is C23H26BrCl2IN2. The van der Waals surface area contributed by atoms with Crippen molar-refractivity contribution in [2.45, 2.75) is 17.8 Å². The fraction of sp³-hybridized carbons (Fsp3) is 0.348. The summed E-state index contributed by atoms with van der Waals surface area (Å²) < 4.78 is 2.43. The first kappa shape index (κ1) is 24.7. The lowest BCUT2D eigenvalue weighted by molar-refractivity contribution is -0.539. The zero-order valence-electron chi connectivity index (χ0n) is 16.4. The minimum Gasteiger partial charge on any atom is -1.00 e. The maximum atomic E-state index is 5.91. The van der Waals surface area contributed by atoms with Crippen molar-refractivity contribution in [3.05, 3.63) is 71.9 Å². The van der Waals surface area contributed by atoms with E-state index in [0.717, 1.165) is 25.3 Å². The third-order valence-corrected chi connectivity index (χ3v) is 5.92. The summed E-state index contributed by atoms with van der Waals surface area (Å²) >= 11 is 15.5. The zero-order valence-corrected chi connectivity index (χ0v) is 21.7. The quantitative estimate of drug-likeness (QED) is 0.250. The number of nitrogens with zero attached hydrogens (tertiary/aromatic N) is 2. The number of rotatable bonds is 8. The Balaban J connectivity index is 0.00000300. The first-order chi connectivity index (χ1) is 13.7. The van der Waals surface area contributed by atoms with E-state index in [0.29, 0.717) is 16.6 Å². The average Bonchev–Trinajstić information content (AvgIpc) is 2.72. The molecular weight excluding hydrogens is 582 g/mol. The Kier molecular flexibility index (Phi) is 10.5. The van der Waals surface area contributed by atoms with Gasteiger partial charge >= 0.3 is 0 Å². The van der Waals surface area contributed by atoms with Crippen molar-refractivity contribution >= 4 is 56.6 Å². The van der Waals surface area contributed by atoms with E-state index in [2.05, 4.69) is 99.1 Å². The Morgan fingerprint density at radius 3 is 2.38 bits per heavy atom. The number of likely N-dealkylation sites (N-methyl/N-ethyl adjacent to an activating group) is 1. The molecule has 0 radical (unpaired) electrons. The number of benzene rings is 1. The molecule has 0 saturated carbocycles. The van der Waals surface area contributed by atoms with Crippen LogP contribution in [0.1, 0.15) is 12.5 Å². The zero-order chi connectivity index (χ0) is 19.9. The fourth-order valence-electron chi connectivity index (χ4n) is 3.59. The number of hydrogen-bond acceptors (Lipinski definition) is 1. The van der Waals surface area contributed by atoms with Gasteiger partial charge in [0.15, 0.2) is 6.04 Å². The molecule has 6 heteroatoms. The summed E-state index contributed by atoms with van der Waals surface area (Å²) in [5, 5.41) is 0. The number of fused-ring (bicyclic) bond motifs is 1. The maximum absolute atomic E-state index is 5.91. The number of allylic oxidation sites excluding steroid dienone is 5. The Morgan fingerprint density at radius 1 is 1.07 bits per heavy atom. The summed E-state index contributed by atoms with van der Waals surface area (Å²) in [5.41, 5.74) is 4.94. The van der Waals surface area contributed by atoms with E-state index in [1.54, 1.807) is 0 Å². The maximum Gasteiger partial charge on any atom is 0.207 e. The second-order valence-corrected chi connectivity index (χ2v) is 8.58. The number of anilines is 1. The highest BCUT2D eigenvalue weighted by atomic mass is 127. The van der Waals surface area contributed by atoms with Gasteiger partial charge in [-0.05, 0) is 42.8 Å². The van der Waals surface area contributed by atoms with Crippen molar-refractivity contribution < 1.29 is 28.6 Å². The van der Waals surface area contributed by atoms with Crippen LogP contribution >= 0.6 is 39.1 Å². The van der Waals surface area contributed by atoms with Gasteiger partial charge in [-0.15, -0.1) is 23.2 Å². The Morgan fingerprint density at radius 2 is 1.76 bits per heavy atom. The molecule has 0 bridgehead atoms. The molecule has 1 aliphatic carbocycles. The summed E-state index contributed by atoms with van der Waals surface area (Å²) in [6, 6.07) is 8.85. The molecule has 156 valence electrons. The van der Waals surface area contributed by atoms with Gasteiger partial charge < -0.3 is 28.9 Å². The molecule has 0 aromatic heterocycles. The summed E-state index contributed by atoms with van der Waals surface area (Å²) in [4.78, 5) is 2.53. The third kappa shape index (κ3) is 6.46. The first-order valence-electron chi connectivity index (χ1n) is 9.67. The van der Waals surface area contributed by atoms with Gasteiger partial charge in [0.05, 0.1) is 4.83 Å². The van der Waals surface area contributed by atoms with Gasteiger partial charge in [-0.3, -0.25) is 0 Å². The van der Waals surface area contributed by atoms with Gasteiger partial charge in [-0.1, -0.05) is 46.3 Å². The molecule has 0 fully saturated rings. The van der Waals surface area contributed by atoms with E-state index >= 15 is 0 Å². The fourth-order valence-corrected chi connectivity index (χ4v) is 4.44. The predicted molar refractivity (Wildman–Crippen MR) is 128 cm³/mol. The van der Waals surface area contributed by atoms with Crippen molar-refractivity contribution in [3.63, 3.8) is 0 Å². The number of halogens is 4. The average molecular weight is 608 g/mol. The van der Waals surface area contributed by atoms with Gasteiger partial charge in [0.2, 0.25) is 5.71 Å². The number of hydrogen-bond donors (Lipinski definition) is 0. The smallest absolute Gasteiger partial charge is 0.207 e. The second-order valence-electron chi connectivity index (χ2n) is 6.76. The largest absolute Gasteiger partial charge is 1.00 e. The standard InChI is InChI=1S/C23H26BrCl2N2.HI/c1-2-28-22(11-6-19-17-20(24)7-12-23(19)28)10-5-18-3-8-21(9-4-18)27(15-13-25)16-14-26;/h3-12,17,20,22H,2,13-16H2,1H3;1H/q+1;/p-1/b10-5+;. The summed E-state index contributed by atoms with van der Waals surface area (Å²) in [7, 11) is 0. The second kappa shape index (κ2) is 12.3. The minimum absolute atomic E-state index is 0.